The fourth-order valence-corrected chi connectivity index (χ4v) is 4.65. The van der Waals surface area contributed by atoms with Gasteiger partial charge in [0.2, 0.25) is 5.88 Å². The molecule has 1 N–H and O–H groups in total. The summed E-state index contributed by atoms with van der Waals surface area (Å²) in [6.07, 6.45) is -3.49. The van der Waals surface area contributed by atoms with Gasteiger partial charge < -0.3 is 24.3 Å². The molecule has 0 spiro atoms. The number of esters is 1. The van der Waals surface area contributed by atoms with Gasteiger partial charge >= 0.3 is 12.1 Å². The maximum atomic E-state index is 14.3. The van der Waals surface area contributed by atoms with Gasteiger partial charge in [-0.1, -0.05) is 48.5 Å². The molecule has 7 nitrogen and oxygen atoms in total. The third kappa shape index (κ3) is 7.45. The van der Waals surface area contributed by atoms with Crippen molar-refractivity contribution in [2.75, 3.05) is 31.7 Å². The molecule has 1 aliphatic rings. The minimum Gasteiger partial charge on any atom is -0.475 e. The maximum Gasteiger partial charge on any atom is 0.416 e. The number of hydrogen-bond donors (Lipinski definition) is 1. The third-order valence-corrected chi connectivity index (χ3v) is 6.29. The highest BCUT2D eigenvalue weighted by Gasteiger charge is 2.42. The predicted octanol–water partition coefficient (Wildman–Crippen LogP) is 6.50. The molecular weight excluding hydrogens is 537 g/mol. The zero-order valence-corrected chi connectivity index (χ0v) is 23.2. The quantitative estimate of drug-likeness (QED) is 0.197. The van der Waals surface area contributed by atoms with E-state index in [1.807, 2.05) is 30.3 Å². The van der Waals surface area contributed by atoms with Crippen LogP contribution in [0.5, 0.6) is 5.88 Å². The largest absolute Gasteiger partial charge is 0.475 e. The monoisotopic (exact) mass is 570 g/mol. The maximum absolute atomic E-state index is 14.3. The van der Waals surface area contributed by atoms with Crippen LogP contribution in [0.25, 0.3) is 0 Å². The van der Waals surface area contributed by atoms with Crippen LogP contribution in [0, 0.1) is 0 Å². The molecule has 3 aromatic rings. The summed E-state index contributed by atoms with van der Waals surface area (Å²) in [5.74, 6) is -1.81. The number of pyridine rings is 1. The van der Waals surface area contributed by atoms with Gasteiger partial charge in [-0.15, -0.1) is 0 Å². The van der Waals surface area contributed by atoms with Gasteiger partial charge in [-0.05, 0) is 44.0 Å². The first-order chi connectivity index (χ1) is 19.7. The van der Waals surface area contributed by atoms with Gasteiger partial charge in [0.15, 0.2) is 0 Å². The first kappa shape index (κ1) is 30.1. The summed E-state index contributed by atoms with van der Waals surface area (Å²) in [5, 5.41) is 3.19. The summed E-state index contributed by atoms with van der Waals surface area (Å²) >= 11 is 0. The highest BCUT2D eigenvalue weighted by molar-refractivity contribution is 5.95. The second kappa shape index (κ2) is 13.6. The number of aromatic nitrogens is 1. The normalized spacial score (nSPS) is 15.0. The van der Waals surface area contributed by atoms with Gasteiger partial charge in [0, 0.05) is 17.4 Å². The number of carbonyl (C=O) groups excluding carboxylic acids is 1. The number of fused-ring (bicyclic) bond motifs is 1. The topological polar surface area (TPSA) is 78.9 Å². The molecule has 0 saturated carbocycles. The summed E-state index contributed by atoms with van der Waals surface area (Å²) in [5.41, 5.74) is 1.11. The molecule has 0 fully saturated rings. The highest BCUT2D eigenvalue weighted by Crippen LogP contribution is 2.49. The van der Waals surface area contributed by atoms with E-state index in [4.69, 9.17) is 18.9 Å². The Labute approximate surface area is 237 Å². The lowest BCUT2D eigenvalue weighted by molar-refractivity contribution is -0.140. The Kier molecular flexibility index (Phi) is 10.0. The number of halogens is 3. The van der Waals surface area contributed by atoms with Crippen molar-refractivity contribution >= 4 is 11.7 Å². The molecule has 2 heterocycles. The molecular formula is C31H33F3N2O5. The molecule has 2 aromatic carbocycles. The van der Waals surface area contributed by atoms with Crippen molar-refractivity contribution in [2.45, 2.75) is 45.6 Å². The van der Waals surface area contributed by atoms with E-state index >= 15 is 0 Å². The first-order valence-electron chi connectivity index (χ1n) is 13.4. The second-order valence-corrected chi connectivity index (χ2v) is 9.59. The number of alkyl halides is 3. The number of hydrogen-bond acceptors (Lipinski definition) is 7. The highest BCUT2D eigenvalue weighted by atomic mass is 19.4. The molecule has 1 unspecified atom stereocenters. The molecule has 0 amide bonds. The van der Waals surface area contributed by atoms with Crippen molar-refractivity contribution in [3.05, 3.63) is 100 Å². The molecule has 0 aliphatic carbocycles. The lowest BCUT2D eigenvalue weighted by Crippen LogP contribution is -2.30. The lowest BCUT2D eigenvalue weighted by Gasteiger charge is -2.33. The number of anilines is 1. The number of nitrogens with one attached hydrogen (secondary N) is 1. The van der Waals surface area contributed by atoms with Crippen LogP contribution in [0.4, 0.5) is 18.9 Å². The number of nitrogens with zero attached hydrogens (tertiary/aromatic N) is 1. The van der Waals surface area contributed by atoms with E-state index in [-0.39, 0.29) is 49.5 Å². The van der Waals surface area contributed by atoms with Crippen molar-refractivity contribution in [3.63, 3.8) is 0 Å². The summed E-state index contributed by atoms with van der Waals surface area (Å²) in [7, 11) is 0. The van der Waals surface area contributed by atoms with Crippen molar-refractivity contribution < 1.29 is 36.9 Å². The first-order valence-corrected chi connectivity index (χ1v) is 13.4. The van der Waals surface area contributed by atoms with Crippen LogP contribution in [0.15, 0.2) is 78.1 Å². The van der Waals surface area contributed by atoms with E-state index in [2.05, 4.69) is 10.3 Å². The summed E-state index contributed by atoms with van der Waals surface area (Å²) in [6.45, 7) is 6.05. The molecule has 10 heteroatoms. The van der Waals surface area contributed by atoms with Gasteiger partial charge in [0.05, 0.1) is 61.9 Å². The number of benzene rings is 2. The summed E-state index contributed by atoms with van der Waals surface area (Å²) in [4.78, 5) is 17.8. The zero-order chi connectivity index (χ0) is 29.4. The third-order valence-electron chi connectivity index (χ3n) is 6.29. The Bertz CT molecular complexity index is 1360. The van der Waals surface area contributed by atoms with E-state index in [9.17, 15) is 18.0 Å². The van der Waals surface area contributed by atoms with Gasteiger partial charge in [0.25, 0.3) is 0 Å². The Hall–Kier alpha value is -3.89. The number of rotatable bonds is 12. The smallest absolute Gasteiger partial charge is 0.416 e. The SMILES string of the molecule is CCOC(=O)C1=C(COCCOCc2ccccc2)Nc2ccnc(OC(C)C)c2C1c1ccccc1C(F)(F)F. The average molecular weight is 571 g/mol. The van der Waals surface area contributed by atoms with Crippen LogP contribution in [0.3, 0.4) is 0 Å². The van der Waals surface area contributed by atoms with Gasteiger partial charge in [-0.25, -0.2) is 9.78 Å². The predicted molar refractivity (Wildman–Crippen MR) is 147 cm³/mol. The number of ether oxygens (including phenoxy) is 4. The molecule has 1 aliphatic heterocycles. The molecule has 4 rings (SSSR count). The molecule has 218 valence electrons. The molecule has 0 bridgehead atoms. The van der Waals surface area contributed by atoms with Crippen molar-refractivity contribution in [3.8, 4) is 5.88 Å². The zero-order valence-electron chi connectivity index (χ0n) is 23.2. The van der Waals surface area contributed by atoms with Crippen molar-refractivity contribution in [1.29, 1.82) is 0 Å². The van der Waals surface area contributed by atoms with E-state index in [0.717, 1.165) is 11.6 Å². The van der Waals surface area contributed by atoms with Crippen LogP contribution in [-0.4, -0.2) is 43.5 Å². The summed E-state index contributed by atoms with van der Waals surface area (Å²) < 4.78 is 65.6. The van der Waals surface area contributed by atoms with Crippen molar-refractivity contribution in [1.82, 2.24) is 4.98 Å². The minimum absolute atomic E-state index is 0.00265. The summed E-state index contributed by atoms with van der Waals surface area (Å²) in [6, 6.07) is 16.5. The number of carbonyl (C=O) groups is 1. The molecule has 0 saturated heterocycles. The van der Waals surface area contributed by atoms with Crippen molar-refractivity contribution in [2.24, 2.45) is 0 Å². The fraction of sp³-hybridized carbons (Fsp3) is 0.355. The van der Waals surface area contributed by atoms with E-state index < -0.39 is 23.6 Å². The second-order valence-electron chi connectivity index (χ2n) is 9.59. The van der Waals surface area contributed by atoms with Gasteiger partial charge in [-0.3, -0.25) is 0 Å². The minimum atomic E-state index is -4.67. The molecule has 1 atom stereocenters. The lowest BCUT2D eigenvalue weighted by atomic mass is 9.79. The molecule has 0 radical (unpaired) electrons. The van der Waals surface area contributed by atoms with Crippen LogP contribution in [0.1, 0.15) is 48.9 Å². The average Bonchev–Trinajstić information content (AvgIpc) is 2.94. The standard InChI is InChI=1S/C31H33F3N2O5/c1-4-40-30(37)28-25(19-39-17-16-38-18-21-10-6-5-7-11-21)36-24-14-15-35-29(41-20(2)3)27(24)26(28)22-12-8-9-13-23(22)31(32,33)34/h5-15,20,26,36H,4,16-19H2,1-3H3. The van der Waals surface area contributed by atoms with E-state index in [1.54, 1.807) is 26.8 Å². The Balaban J connectivity index is 1.71. The Morgan fingerprint density at radius 2 is 1.66 bits per heavy atom. The molecule has 41 heavy (non-hydrogen) atoms. The van der Waals surface area contributed by atoms with Crippen LogP contribution in [-0.2, 0) is 31.8 Å². The van der Waals surface area contributed by atoms with Gasteiger partial charge in [-0.2, -0.15) is 13.2 Å². The van der Waals surface area contributed by atoms with Crippen LogP contribution in [0.2, 0.25) is 0 Å². The molecule has 1 aromatic heterocycles. The fourth-order valence-electron chi connectivity index (χ4n) is 4.65. The van der Waals surface area contributed by atoms with Gasteiger partial charge in [0.1, 0.15) is 0 Å². The Morgan fingerprint density at radius 1 is 0.976 bits per heavy atom. The van der Waals surface area contributed by atoms with E-state index in [1.165, 1.54) is 24.4 Å². The van der Waals surface area contributed by atoms with E-state index in [0.29, 0.717) is 23.6 Å². The van der Waals surface area contributed by atoms with Crippen LogP contribution < -0.4 is 10.1 Å². The Morgan fingerprint density at radius 3 is 2.34 bits per heavy atom. The van der Waals surface area contributed by atoms with Crippen LogP contribution >= 0.6 is 0 Å².